The van der Waals surface area contributed by atoms with E-state index in [1.165, 1.54) is 0 Å². The van der Waals surface area contributed by atoms with Crippen molar-refractivity contribution >= 4 is 21.8 Å². The second-order valence-corrected chi connectivity index (χ2v) is 6.82. The Kier molecular flexibility index (Phi) is 5.56. The van der Waals surface area contributed by atoms with Gasteiger partial charge in [-0.05, 0) is 30.0 Å². The molecule has 0 aromatic heterocycles. The summed E-state index contributed by atoms with van der Waals surface area (Å²) in [5.74, 6) is -0.286. The molecule has 2 N–H and O–H groups in total. The van der Waals surface area contributed by atoms with Gasteiger partial charge in [0.05, 0.1) is 12.0 Å². The summed E-state index contributed by atoms with van der Waals surface area (Å²) >= 11 is 3.37. The van der Waals surface area contributed by atoms with Gasteiger partial charge in [0, 0.05) is 11.0 Å². The summed E-state index contributed by atoms with van der Waals surface area (Å²) in [5, 5.41) is 12.7. The van der Waals surface area contributed by atoms with E-state index >= 15 is 0 Å². The van der Waals surface area contributed by atoms with E-state index in [2.05, 4.69) is 21.2 Å². The normalized spacial score (nSPS) is 14.8. The average Bonchev–Trinajstić information content (AvgIpc) is 2.34. The van der Waals surface area contributed by atoms with Gasteiger partial charge >= 0.3 is 0 Å². The van der Waals surface area contributed by atoms with Crippen molar-refractivity contribution in [3.63, 3.8) is 0 Å². The number of nitrogens with one attached hydrogen (secondary N) is 1. The molecule has 0 bridgehead atoms. The number of aliphatic hydroxyl groups is 1. The number of halogens is 1. The molecule has 0 fully saturated rings. The number of hydrogen-bond donors (Lipinski definition) is 2. The van der Waals surface area contributed by atoms with Crippen LogP contribution in [-0.4, -0.2) is 23.7 Å². The van der Waals surface area contributed by atoms with Crippen LogP contribution in [0.2, 0.25) is 0 Å². The molecule has 4 heteroatoms. The van der Waals surface area contributed by atoms with E-state index in [1.807, 2.05) is 52.0 Å². The third kappa shape index (κ3) is 4.96. The lowest BCUT2D eigenvalue weighted by molar-refractivity contribution is -0.123. The summed E-state index contributed by atoms with van der Waals surface area (Å²) in [4.78, 5) is 12.0. The standard InChI is InChI=1S/C15H22BrNO2/c1-10(11-5-7-12(16)8-6-11)14(19)17-9-13(18)15(2,3)4/h5-8,10,13,18H,9H2,1-4H3,(H,17,19). The van der Waals surface area contributed by atoms with E-state index in [1.54, 1.807) is 0 Å². The summed E-state index contributed by atoms with van der Waals surface area (Å²) in [6.45, 7) is 7.98. The van der Waals surface area contributed by atoms with Crippen LogP contribution in [0.15, 0.2) is 28.7 Å². The van der Waals surface area contributed by atoms with Gasteiger partial charge in [-0.3, -0.25) is 4.79 Å². The van der Waals surface area contributed by atoms with Crippen molar-refractivity contribution in [3.05, 3.63) is 34.3 Å². The molecule has 0 radical (unpaired) electrons. The number of hydrogen-bond acceptors (Lipinski definition) is 2. The maximum atomic E-state index is 12.0. The van der Waals surface area contributed by atoms with Crippen molar-refractivity contribution in [2.75, 3.05) is 6.54 Å². The van der Waals surface area contributed by atoms with Crippen molar-refractivity contribution in [2.24, 2.45) is 5.41 Å². The largest absolute Gasteiger partial charge is 0.391 e. The summed E-state index contributed by atoms with van der Waals surface area (Å²) in [6.07, 6.45) is -0.548. The Balaban J connectivity index is 2.56. The molecule has 0 saturated heterocycles. The van der Waals surface area contributed by atoms with Gasteiger partial charge in [-0.2, -0.15) is 0 Å². The molecule has 0 spiro atoms. The van der Waals surface area contributed by atoms with Gasteiger partial charge in [-0.15, -0.1) is 0 Å². The fraction of sp³-hybridized carbons (Fsp3) is 0.533. The van der Waals surface area contributed by atoms with Crippen LogP contribution < -0.4 is 5.32 Å². The van der Waals surface area contributed by atoms with E-state index in [-0.39, 0.29) is 23.8 Å². The van der Waals surface area contributed by atoms with Gasteiger partial charge in [0.15, 0.2) is 0 Å². The van der Waals surface area contributed by atoms with E-state index in [9.17, 15) is 9.90 Å². The Morgan fingerprint density at radius 1 is 1.32 bits per heavy atom. The fourth-order valence-corrected chi connectivity index (χ4v) is 1.82. The van der Waals surface area contributed by atoms with Gasteiger partial charge in [0.2, 0.25) is 5.91 Å². The zero-order valence-corrected chi connectivity index (χ0v) is 13.5. The van der Waals surface area contributed by atoms with Crippen LogP contribution in [0.5, 0.6) is 0 Å². The highest BCUT2D eigenvalue weighted by Gasteiger charge is 2.23. The molecule has 1 rings (SSSR count). The molecule has 1 amide bonds. The Hall–Kier alpha value is -0.870. The van der Waals surface area contributed by atoms with E-state index in [0.717, 1.165) is 10.0 Å². The predicted octanol–water partition coefficient (Wildman–Crippen LogP) is 3.08. The summed E-state index contributed by atoms with van der Waals surface area (Å²) in [6, 6.07) is 7.69. The van der Waals surface area contributed by atoms with Crippen LogP contribution in [0.1, 0.15) is 39.2 Å². The molecule has 2 atom stereocenters. The topological polar surface area (TPSA) is 49.3 Å². The molecule has 2 unspecified atom stereocenters. The first kappa shape index (κ1) is 16.2. The maximum absolute atomic E-state index is 12.0. The molecule has 3 nitrogen and oxygen atoms in total. The Labute approximate surface area is 123 Å². The van der Waals surface area contributed by atoms with Crippen LogP contribution in [-0.2, 0) is 4.79 Å². The summed E-state index contributed by atoms with van der Waals surface area (Å²) in [5.41, 5.74) is 0.736. The minimum atomic E-state index is -0.548. The predicted molar refractivity (Wildman–Crippen MR) is 81.0 cm³/mol. The SMILES string of the molecule is CC(C(=O)NCC(O)C(C)(C)C)c1ccc(Br)cc1. The van der Waals surface area contributed by atoms with Gasteiger partial charge in [0.1, 0.15) is 0 Å². The van der Waals surface area contributed by atoms with E-state index in [0.29, 0.717) is 0 Å². The lowest BCUT2D eigenvalue weighted by Crippen LogP contribution is -2.40. The maximum Gasteiger partial charge on any atom is 0.227 e. The number of benzene rings is 1. The number of aliphatic hydroxyl groups excluding tert-OH is 1. The van der Waals surface area contributed by atoms with Crippen LogP contribution in [0.4, 0.5) is 0 Å². The van der Waals surface area contributed by atoms with Crippen molar-refractivity contribution in [1.29, 1.82) is 0 Å². The van der Waals surface area contributed by atoms with Gasteiger partial charge < -0.3 is 10.4 Å². The molecule has 1 aromatic rings. The number of amides is 1. The molecule has 0 heterocycles. The van der Waals surface area contributed by atoms with Crippen LogP contribution >= 0.6 is 15.9 Å². The Morgan fingerprint density at radius 3 is 2.32 bits per heavy atom. The first-order chi connectivity index (χ1) is 8.71. The molecule has 0 aliphatic heterocycles. The molecule has 0 aliphatic carbocycles. The molecular weight excluding hydrogens is 306 g/mol. The van der Waals surface area contributed by atoms with E-state index < -0.39 is 6.10 Å². The first-order valence-electron chi connectivity index (χ1n) is 6.43. The van der Waals surface area contributed by atoms with Crippen molar-refractivity contribution < 1.29 is 9.90 Å². The van der Waals surface area contributed by atoms with Crippen molar-refractivity contribution in [1.82, 2.24) is 5.32 Å². The van der Waals surface area contributed by atoms with Gasteiger partial charge in [0.25, 0.3) is 0 Å². The van der Waals surface area contributed by atoms with Crippen molar-refractivity contribution in [2.45, 2.75) is 39.7 Å². The highest BCUT2D eigenvalue weighted by molar-refractivity contribution is 9.10. The van der Waals surface area contributed by atoms with Crippen molar-refractivity contribution in [3.8, 4) is 0 Å². The number of rotatable bonds is 4. The van der Waals surface area contributed by atoms with E-state index in [4.69, 9.17) is 0 Å². The minimum absolute atomic E-state index is 0.0642. The quantitative estimate of drug-likeness (QED) is 0.892. The third-order valence-electron chi connectivity index (χ3n) is 3.23. The Morgan fingerprint density at radius 2 is 1.84 bits per heavy atom. The minimum Gasteiger partial charge on any atom is -0.391 e. The lowest BCUT2D eigenvalue weighted by Gasteiger charge is -2.26. The molecule has 1 aromatic carbocycles. The zero-order chi connectivity index (χ0) is 14.6. The molecule has 19 heavy (non-hydrogen) atoms. The molecule has 106 valence electrons. The first-order valence-corrected chi connectivity index (χ1v) is 7.22. The average molecular weight is 328 g/mol. The smallest absolute Gasteiger partial charge is 0.227 e. The highest BCUT2D eigenvalue weighted by Crippen LogP contribution is 2.20. The monoisotopic (exact) mass is 327 g/mol. The van der Waals surface area contributed by atoms with Gasteiger partial charge in [-0.25, -0.2) is 0 Å². The summed E-state index contributed by atoms with van der Waals surface area (Å²) < 4.78 is 0.993. The van der Waals surface area contributed by atoms with Crippen LogP contribution in [0, 0.1) is 5.41 Å². The fourth-order valence-electron chi connectivity index (χ4n) is 1.56. The van der Waals surface area contributed by atoms with Crippen LogP contribution in [0.3, 0.4) is 0 Å². The second kappa shape index (κ2) is 6.53. The number of carbonyl (C=O) groups excluding carboxylic acids is 1. The van der Waals surface area contributed by atoms with Crippen LogP contribution in [0.25, 0.3) is 0 Å². The Bertz CT molecular complexity index is 423. The molecule has 0 aliphatic rings. The lowest BCUT2D eigenvalue weighted by atomic mass is 9.89. The summed E-state index contributed by atoms with van der Waals surface area (Å²) in [7, 11) is 0. The molecular formula is C15H22BrNO2. The second-order valence-electron chi connectivity index (χ2n) is 5.90. The highest BCUT2D eigenvalue weighted by atomic mass is 79.9. The zero-order valence-electron chi connectivity index (χ0n) is 11.9. The molecule has 0 saturated carbocycles. The third-order valence-corrected chi connectivity index (χ3v) is 3.76. The number of carbonyl (C=O) groups is 1. The van der Waals surface area contributed by atoms with Gasteiger partial charge in [-0.1, -0.05) is 48.8 Å².